The largest absolute Gasteiger partial charge is 0.478 e. The van der Waals surface area contributed by atoms with Gasteiger partial charge in [-0.1, -0.05) is 24.3 Å². The lowest BCUT2D eigenvalue weighted by atomic mass is 10.1. The lowest BCUT2D eigenvalue weighted by Gasteiger charge is -2.22. The van der Waals surface area contributed by atoms with Gasteiger partial charge in [0.2, 0.25) is 5.91 Å². The summed E-state index contributed by atoms with van der Waals surface area (Å²) in [6, 6.07) is 13.2. The van der Waals surface area contributed by atoms with Crippen molar-refractivity contribution < 1.29 is 19.1 Å². The van der Waals surface area contributed by atoms with Gasteiger partial charge in [-0.2, -0.15) is 0 Å². The first-order valence-electron chi connectivity index (χ1n) is 8.39. The predicted octanol–water partition coefficient (Wildman–Crippen LogP) is 3.65. The normalized spacial score (nSPS) is 13.5. The number of carboxylic acid groups (broad SMARTS) is 1. The molecule has 0 bridgehead atoms. The molecule has 2 aromatic rings. The van der Waals surface area contributed by atoms with Crippen molar-refractivity contribution in [2.75, 3.05) is 0 Å². The molecule has 0 spiro atoms. The van der Waals surface area contributed by atoms with Crippen LogP contribution in [0.25, 0.3) is 0 Å². The maximum Gasteiger partial charge on any atom is 0.335 e. The number of hydrogen-bond donors (Lipinski definition) is 1. The summed E-state index contributed by atoms with van der Waals surface area (Å²) in [5.74, 6) is -1.20. The molecule has 25 heavy (non-hydrogen) atoms. The van der Waals surface area contributed by atoms with Gasteiger partial charge >= 0.3 is 5.97 Å². The van der Waals surface area contributed by atoms with Gasteiger partial charge in [-0.25, -0.2) is 9.18 Å². The fourth-order valence-corrected chi connectivity index (χ4v) is 2.85. The zero-order valence-electron chi connectivity index (χ0n) is 13.8. The molecule has 4 nitrogen and oxygen atoms in total. The fourth-order valence-electron chi connectivity index (χ4n) is 2.85. The Kier molecular flexibility index (Phi) is 5.12. The van der Waals surface area contributed by atoms with Crippen LogP contribution in [-0.4, -0.2) is 27.9 Å². The van der Waals surface area contributed by atoms with Crippen molar-refractivity contribution in [3.8, 4) is 0 Å². The van der Waals surface area contributed by atoms with Crippen molar-refractivity contribution in [1.29, 1.82) is 0 Å². The first kappa shape index (κ1) is 17.1. The average molecular weight is 341 g/mol. The third-order valence-electron chi connectivity index (χ3n) is 4.38. The number of nitrogens with zero attached hydrogens (tertiary/aromatic N) is 1. The number of benzene rings is 2. The van der Waals surface area contributed by atoms with Gasteiger partial charge in [-0.15, -0.1) is 0 Å². The summed E-state index contributed by atoms with van der Waals surface area (Å²) >= 11 is 0. The number of carboxylic acids is 1. The minimum atomic E-state index is -0.961. The molecule has 130 valence electrons. The quantitative estimate of drug-likeness (QED) is 0.836. The van der Waals surface area contributed by atoms with Crippen LogP contribution in [0.4, 0.5) is 4.39 Å². The van der Waals surface area contributed by atoms with Gasteiger partial charge in [-0.05, 0) is 54.7 Å². The number of hydrogen-bond acceptors (Lipinski definition) is 2. The highest BCUT2D eigenvalue weighted by Gasteiger charge is 2.32. The lowest BCUT2D eigenvalue weighted by Crippen LogP contribution is -2.32. The zero-order valence-corrected chi connectivity index (χ0v) is 13.8. The van der Waals surface area contributed by atoms with Crippen LogP contribution in [0.1, 0.15) is 40.7 Å². The molecule has 0 radical (unpaired) electrons. The number of carbonyl (C=O) groups excluding carboxylic acids is 1. The third-order valence-corrected chi connectivity index (χ3v) is 4.38. The first-order valence-corrected chi connectivity index (χ1v) is 8.39. The first-order chi connectivity index (χ1) is 12.0. The van der Waals surface area contributed by atoms with Crippen molar-refractivity contribution in [2.45, 2.75) is 38.3 Å². The van der Waals surface area contributed by atoms with E-state index in [9.17, 15) is 14.0 Å². The fraction of sp³-hybridized carbons (Fsp3) is 0.300. The van der Waals surface area contributed by atoms with Crippen molar-refractivity contribution in [3.63, 3.8) is 0 Å². The van der Waals surface area contributed by atoms with Crippen molar-refractivity contribution in [3.05, 3.63) is 71.0 Å². The lowest BCUT2D eigenvalue weighted by molar-refractivity contribution is -0.132. The molecule has 1 aliphatic rings. The predicted molar refractivity (Wildman–Crippen MR) is 91.7 cm³/mol. The molecule has 0 heterocycles. The molecule has 0 unspecified atom stereocenters. The molecule has 1 N–H and O–H groups in total. The van der Waals surface area contributed by atoms with Gasteiger partial charge in [0.15, 0.2) is 0 Å². The summed E-state index contributed by atoms with van der Waals surface area (Å²) in [5.41, 5.74) is 1.96. The van der Waals surface area contributed by atoms with E-state index in [0.29, 0.717) is 19.4 Å². The van der Waals surface area contributed by atoms with Gasteiger partial charge in [0.25, 0.3) is 0 Å². The second-order valence-electron chi connectivity index (χ2n) is 6.38. The van der Waals surface area contributed by atoms with Gasteiger partial charge in [-0.3, -0.25) is 4.79 Å². The number of rotatable bonds is 7. The van der Waals surface area contributed by atoms with Crippen LogP contribution in [0.3, 0.4) is 0 Å². The summed E-state index contributed by atoms with van der Waals surface area (Å²) in [5, 5.41) is 8.91. The van der Waals surface area contributed by atoms with E-state index in [1.807, 2.05) is 11.0 Å². The van der Waals surface area contributed by atoms with E-state index in [0.717, 1.165) is 24.0 Å². The Morgan fingerprint density at radius 3 is 2.40 bits per heavy atom. The topological polar surface area (TPSA) is 57.6 Å². The summed E-state index contributed by atoms with van der Waals surface area (Å²) < 4.78 is 13.3. The molecule has 1 aliphatic carbocycles. The number of halogens is 1. The SMILES string of the molecule is O=C(O)c1ccc(CCC(=O)N(Cc2cccc(F)c2)C2CC2)cc1. The van der Waals surface area contributed by atoms with E-state index in [1.54, 1.807) is 30.3 Å². The van der Waals surface area contributed by atoms with E-state index < -0.39 is 5.97 Å². The molecule has 0 aliphatic heterocycles. The molecule has 0 aromatic heterocycles. The third kappa shape index (κ3) is 4.66. The Bertz CT molecular complexity index is 769. The van der Waals surface area contributed by atoms with Crippen LogP contribution in [0.2, 0.25) is 0 Å². The van der Waals surface area contributed by atoms with E-state index in [4.69, 9.17) is 5.11 Å². The van der Waals surface area contributed by atoms with Gasteiger partial charge in [0.1, 0.15) is 5.82 Å². The Labute approximate surface area is 145 Å². The smallest absolute Gasteiger partial charge is 0.335 e. The van der Waals surface area contributed by atoms with Crippen LogP contribution >= 0.6 is 0 Å². The van der Waals surface area contributed by atoms with Gasteiger partial charge in [0.05, 0.1) is 5.56 Å². The maximum absolute atomic E-state index is 13.3. The van der Waals surface area contributed by atoms with E-state index in [2.05, 4.69) is 0 Å². The monoisotopic (exact) mass is 341 g/mol. The van der Waals surface area contributed by atoms with Crippen LogP contribution in [-0.2, 0) is 17.8 Å². The molecule has 5 heteroatoms. The molecular weight excluding hydrogens is 321 g/mol. The van der Waals surface area contributed by atoms with Crippen molar-refractivity contribution in [2.24, 2.45) is 0 Å². The van der Waals surface area contributed by atoms with Crippen molar-refractivity contribution >= 4 is 11.9 Å². The summed E-state index contributed by atoms with van der Waals surface area (Å²) in [6.45, 7) is 0.430. The van der Waals surface area contributed by atoms with Crippen molar-refractivity contribution in [1.82, 2.24) is 4.90 Å². The summed E-state index contributed by atoms with van der Waals surface area (Å²) in [7, 11) is 0. The Morgan fingerprint density at radius 2 is 1.80 bits per heavy atom. The molecule has 1 amide bonds. The molecule has 1 fully saturated rings. The summed E-state index contributed by atoms with van der Waals surface area (Å²) in [6.07, 6.45) is 2.91. The minimum absolute atomic E-state index is 0.0501. The average Bonchev–Trinajstić information content (AvgIpc) is 3.43. The number of aryl methyl sites for hydroxylation is 1. The zero-order chi connectivity index (χ0) is 17.8. The molecule has 0 saturated heterocycles. The second kappa shape index (κ2) is 7.47. The molecule has 3 rings (SSSR count). The van der Waals surface area contributed by atoms with Crippen LogP contribution in [0.5, 0.6) is 0 Å². The highest BCUT2D eigenvalue weighted by Crippen LogP contribution is 2.29. The highest BCUT2D eigenvalue weighted by molar-refractivity contribution is 5.87. The van der Waals surface area contributed by atoms with E-state index >= 15 is 0 Å². The molecule has 1 saturated carbocycles. The highest BCUT2D eigenvalue weighted by atomic mass is 19.1. The van der Waals surface area contributed by atoms with Crippen LogP contribution < -0.4 is 0 Å². The number of aromatic carboxylic acids is 1. The number of carbonyl (C=O) groups is 2. The Morgan fingerprint density at radius 1 is 1.08 bits per heavy atom. The minimum Gasteiger partial charge on any atom is -0.478 e. The Hall–Kier alpha value is -2.69. The number of amides is 1. The Balaban J connectivity index is 1.60. The molecule has 2 aromatic carbocycles. The van der Waals surface area contributed by atoms with Crippen LogP contribution in [0.15, 0.2) is 48.5 Å². The second-order valence-corrected chi connectivity index (χ2v) is 6.38. The van der Waals surface area contributed by atoms with E-state index in [-0.39, 0.29) is 23.3 Å². The maximum atomic E-state index is 13.3. The van der Waals surface area contributed by atoms with Gasteiger partial charge in [0, 0.05) is 19.0 Å². The standard InChI is InChI=1S/C20H20FNO3/c21-17-3-1-2-15(12-17)13-22(18-9-10-18)19(23)11-6-14-4-7-16(8-5-14)20(24)25/h1-5,7-8,12,18H,6,9-11,13H2,(H,24,25). The van der Waals surface area contributed by atoms with E-state index in [1.165, 1.54) is 12.1 Å². The molecular formula is C20H20FNO3. The van der Waals surface area contributed by atoms with Gasteiger partial charge < -0.3 is 10.0 Å². The van der Waals surface area contributed by atoms with Crippen LogP contribution in [0, 0.1) is 5.82 Å². The summed E-state index contributed by atoms with van der Waals surface area (Å²) in [4.78, 5) is 25.3. The molecule has 0 atom stereocenters.